The van der Waals surface area contributed by atoms with Crippen LogP contribution in [0.3, 0.4) is 0 Å². The standard InChI is InChI=1S/C10H8N2O.C9H7N/c11-10(13)9-6-5-7-3-1-2-4-8(7)12-9;1-2-6-9-8(4-1)5-3-7-10-9/h1-6H,(H2,11,13);1-7H. The first-order chi connectivity index (χ1) is 11.2. The highest BCUT2D eigenvalue weighted by Gasteiger charge is 2.01. The molecule has 0 aliphatic rings. The molecule has 112 valence electrons. The Bertz CT molecular complexity index is 901. The number of amides is 1. The number of primary amides is 1. The first kappa shape index (κ1) is 14.7. The lowest BCUT2D eigenvalue weighted by Crippen LogP contribution is -2.12. The molecular formula is C19H15N3O. The minimum absolute atomic E-state index is 0.304. The van der Waals surface area contributed by atoms with Gasteiger partial charge in [-0.3, -0.25) is 9.78 Å². The predicted octanol–water partition coefficient (Wildman–Crippen LogP) is 3.57. The number of nitrogens with zero attached hydrogens (tertiary/aromatic N) is 2. The van der Waals surface area contributed by atoms with Gasteiger partial charge in [0.25, 0.3) is 5.91 Å². The Balaban J connectivity index is 0.000000140. The first-order valence-electron chi connectivity index (χ1n) is 7.19. The van der Waals surface area contributed by atoms with E-state index >= 15 is 0 Å². The summed E-state index contributed by atoms with van der Waals surface area (Å²) in [5.41, 5.74) is 7.26. The Hall–Kier alpha value is -3.27. The molecule has 2 aromatic heterocycles. The van der Waals surface area contributed by atoms with Crippen LogP contribution in [-0.4, -0.2) is 15.9 Å². The van der Waals surface area contributed by atoms with E-state index in [1.54, 1.807) is 6.07 Å². The first-order valence-corrected chi connectivity index (χ1v) is 7.19. The fraction of sp³-hybridized carbons (Fsp3) is 0. The Morgan fingerprint density at radius 1 is 0.739 bits per heavy atom. The molecule has 0 spiro atoms. The molecule has 2 N–H and O–H groups in total. The van der Waals surface area contributed by atoms with E-state index in [0.717, 1.165) is 16.4 Å². The number of fused-ring (bicyclic) bond motifs is 2. The van der Waals surface area contributed by atoms with E-state index in [1.165, 1.54) is 5.39 Å². The molecule has 0 fully saturated rings. The number of pyridine rings is 2. The van der Waals surface area contributed by atoms with E-state index in [4.69, 9.17) is 5.73 Å². The fourth-order valence-electron chi connectivity index (χ4n) is 2.22. The number of rotatable bonds is 1. The van der Waals surface area contributed by atoms with Crippen LogP contribution in [0.5, 0.6) is 0 Å². The molecule has 4 heteroatoms. The lowest BCUT2D eigenvalue weighted by molar-refractivity contribution is 0.0996. The van der Waals surface area contributed by atoms with Crippen LogP contribution in [0.2, 0.25) is 0 Å². The number of hydrogen-bond acceptors (Lipinski definition) is 3. The van der Waals surface area contributed by atoms with Crippen molar-refractivity contribution in [1.82, 2.24) is 9.97 Å². The Morgan fingerprint density at radius 3 is 2.04 bits per heavy atom. The van der Waals surface area contributed by atoms with E-state index in [9.17, 15) is 4.79 Å². The number of carbonyl (C=O) groups excluding carboxylic acids is 1. The van der Waals surface area contributed by atoms with Gasteiger partial charge in [-0.25, -0.2) is 4.98 Å². The van der Waals surface area contributed by atoms with Gasteiger partial charge in [-0.05, 0) is 24.3 Å². The minimum atomic E-state index is -0.495. The Labute approximate surface area is 133 Å². The number of benzene rings is 2. The smallest absolute Gasteiger partial charge is 0.267 e. The molecule has 0 atom stereocenters. The molecule has 4 aromatic rings. The average Bonchev–Trinajstić information content (AvgIpc) is 2.62. The highest BCUT2D eigenvalue weighted by molar-refractivity contribution is 5.93. The molecule has 0 aliphatic carbocycles. The maximum Gasteiger partial charge on any atom is 0.267 e. The molecule has 4 rings (SSSR count). The van der Waals surface area contributed by atoms with Gasteiger partial charge in [0.2, 0.25) is 0 Å². The SMILES string of the molecule is NC(=O)c1ccc2ccccc2n1.c1ccc2ncccc2c1. The van der Waals surface area contributed by atoms with E-state index in [1.807, 2.05) is 60.8 Å². The second-order valence-corrected chi connectivity index (χ2v) is 4.95. The molecule has 2 heterocycles. The highest BCUT2D eigenvalue weighted by atomic mass is 16.1. The molecule has 4 nitrogen and oxygen atoms in total. The summed E-state index contributed by atoms with van der Waals surface area (Å²) in [6.07, 6.45) is 1.81. The minimum Gasteiger partial charge on any atom is -0.364 e. The molecule has 0 bridgehead atoms. The number of carbonyl (C=O) groups is 1. The third-order valence-corrected chi connectivity index (χ3v) is 3.36. The highest BCUT2D eigenvalue weighted by Crippen LogP contribution is 2.11. The van der Waals surface area contributed by atoms with Crippen molar-refractivity contribution in [1.29, 1.82) is 0 Å². The number of nitrogens with two attached hydrogens (primary N) is 1. The van der Waals surface area contributed by atoms with Gasteiger partial charge in [0.1, 0.15) is 5.69 Å². The van der Waals surface area contributed by atoms with Gasteiger partial charge in [0, 0.05) is 17.0 Å². The van der Waals surface area contributed by atoms with Gasteiger partial charge < -0.3 is 5.73 Å². The van der Waals surface area contributed by atoms with E-state index in [0.29, 0.717) is 5.69 Å². The summed E-state index contributed by atoms with van der Waals surface area (Å²) in [7, 11) is 0. The topological polar surface area (TPSA) is 68.9 Å². The molecule has 0 saturated heterocycles. The second kappa shape index (κ2) is 6.66. The zero-order valence-corrected chi connectivity index (χ0v) is 12.4. The van der Waals surface area contributed by atoms with E-state index in [-0.39, 0.29) is 0 Å². The number of hydrogen-bond donors (Lipinski definition) is 1. The van der Waals surface area contributed by atoms with Crippen LogP contribution in [0.25, 0.3) is 21.8 Å². The molecule has 23 heavy (non-hydrogen) atoms. The molecule has 0 aliphatic heterocycles. The molecule has 2 aromatic carbocycles. The summed E-state index contributed by atoms with van der Waals surface area (Å²) < 4.78 is 0. The summed E-state index contributed by atoms with van der Waals surface area (Å²) in [4.78, 5) is 19.1. The van der Waals surface area contributed by atoms with Gasteiger partial charge in [-0.15, -0.1) is 0 Å². The second-order valence-electron chi connectivity index (χ2n) is 4.95. The average molecular weight is 301 g/mol. The van der Waals surface area contributed by atoms with Crippen molar-refractivity contribution in [2.75, 3.05) is 0 Å². The van der Waals surface area contributed by atoms with E-state index in [2.05, 4.69) is 22.1 Å². The van der Waals surface area contributed by atoms with Crippen LogP contribution >= 0.6 is 0 Å². The van der Waals surface area contributed by atoms with Crippen LogP contribution in [0, 0.1) is 0 Å². The maximum atomic E-state index is 10.8. The summed E-state index contributed by atoms with van der Waals surface area (Å²) in [6.45, 7) is 0. The van der Waals surface area contributed by atoms with Crippen molar-refractivity contribution in [3.63, 3.8) is 0 Å². The lowest BCUT2D eigenvalue weighted by atomic mass is 10.2. The van der Waals surface area contributed by atoms with Crippen molar-refractivity contribution in [2.24, 2.45) is 5.73 Å². The van der Waals surface area contributed by atoms with Crippen molar-refractivity contribution < 1.29 is 4.79 Å². The summed E-state index contributed by atoms with van der Waals surface area (Å²) >= 11 is 0. The quantitative estimate of drug-likeness (QED) is 0.584. The maximum absolute atomic E-state index is 10.8. The van der Waals surface area contributed by atoms with Crippen molar-refractivity contribution in [2.45, 2.75) is 0 Å². The normalized spacial score (nSPS) is 10.1. The van der Waals surface area contributed by atoms with Crippen LogP contribution < -0.4 is 5.73 Å². The van der Waals surface area contributed by atoms with Crippen LogP contribution in [-0.2, 0) is 0 Å². The zero-order chi connectivity index (χ0) is 16.1. The number of aromatic nitrogens is 2. The third-order valence-electron chi connectivity index (χ3n) is 3.36. The number of para-hydroxylation sites is 2. The van der Waals surface area contributed by atoms with Crippen molar-refractivity contribution in [3.8, 4) is 0 Å². The predicted molar refractivity (Wildman–Crippen MR) is 92.0 cm³/mol. The molecule has 0 radical (unpaired) electrons. The van der Waals surface area contributed by atoms with Gasteiger partial charge in [0.05, 0.1) is 11.0 Å². The summed E-state index contributed by atoms with van der Waals surface area (Å²) in [5.74, 6) is -0.495. The molecular weight excluding hydrogens is 286 g/mol. The Kier molecular flexibility index (Phi) is 4.25. The van der Waals surface area contributed by atoms with Crippen LogP contribution in [0.1, 0.15) is 10.5 Å². The van der Waals surface area contributed by atoms with Gasteiger partial charge in [-0.1, -0.05) is 48.5 Å². The Morgan fingerprint density at radius 2 is 1.35 bits per heavy atom. The van der Waals surface area contributed by atoms with Crippen LogP contribution in [0.4, 0.5) is 0 Å². The third kappa shape index (κ3) is 3.49. The van der Waals surface area contributed by atoms with Crippen molar-refractivity contribution >= 4 is 27.7 Å². The van der Waals surface area contributed by atoms with Crippen molar-refractivity contribution in [3.05, 3.63) is 84.7 Å². The van der Waals surface area contributed by atoms with Gasteiger partial charge in [0.15, 0.2) is 0 Å². The zero-order valence-electron chi connectivity index (χ0n) is 12.4. The molecule has 0 saturated carbocycles. The summed E-state index contributed by atoms with van der Waals surface area (Å²) in [6, 6.07) is 23.1. The fourth-order valence-corrected chi connectivity index (χ4v) is 2.22. The van der Waals surface area contributed by atoms with Gasteiger partial charge in [-0.2, -0.15) is 0 Å². The molecule has 0 unspecified atom stereocenters. The van der Waals surface area contributed by atoms with Gasteiger partial charge >= 0.3 is 0 Å². The summed E-state index contributed by atoms with van der Waals surface area (Å²) in [5, 5.41) is 2.21. The molecule has 1 amide bonds. The largest absolute Gasteiger partial charge is 0.364 e. The lowest BCUT2D eigenvalue weighted by Gasteiger charge is -1.97. The van der Waals surface area contributed by atoms with Crippen LogP contribution in [0.15, 0.2) is 79.0 Å². The monoisotopic (exact) mass is 301 g/mol. The van der Waals surface area contributed by atoms with E-state index < -0.39 is 5.91 Å².